The molecule has 1 aromatic carbocycles. The third-order valence-electron chi connectivity index (χ3n) is 4.23. The number of hydrogen-bond acceptors (Lipinski definition) is 2. The van der Waals surface area contributed by atoms with Crippen LogP contribution in [0.3, 0.4) is 0 Å². The van der Waals surface area contributed by atoms with E-state index in [9.17, 15) is 4.79 Å². The highest BCUT2D eigenvalue weighted by Gasteiger charge is 2.23. The molecule has 1 heterocycles. The Labute approximate surface area is 122 Å². The number of nitrogens with zero attached hydrogens (tertiary/aromatic N) is 1. The lowest BCUT2D eigenvalue weighted by atomic mass is 10.0. The van der Waals surface area contributed by atoms with Crippen LogP contribution < -0.4 is 5.32 Å². The summed E-state index contributed by atoms with van der Waals surface area (Å²) in [6.07, 6.45) is 4.63. The Hall–Kier alpha value is -1.35. The van der Waals surface area contributed by atoms with Crippen LogP contribution in [0.25, 0.3) is 0 Å². The predicted molar refractivity (Wildman–Crippen MR) is 82.9 cm³/mol. The summed E-state index contributed by atoms with van der Waals surface area (Å²) in [5.74, 6) is 0.0608. The molecule has 0 aromatic heterocycles. The van der Waals surface area contributed by atoms with Crippen molar-refractivity contribution >= 4 is 5.91 Å². The van der Waals surface area contributed by atoms with Gasteiger partial charge in [0.15, 0.2) is 0 Å². The number of hydrogen-bond donors (Lipinski definition) is 1. The van der Waals surface area contributed by atoms with E-state index in [4.69, 9.17) is 0 Å². The molecule has 3 nitrogen and oxygen atoms in total. The van der Waals surface area contributed by atoms with E-state index in [1.165, 1.54) is 12.8 Å². The number of benzene rings is 1. The van der Waals surface area contributed by atoms with E-state index in [0.29, 0.717) is 12.1 Å². The van der Waals surface area contributed by atoms with Crippen molar-refractivity contribution in [3.63, 3.8) is 0 Å². The Morgan fingerprint density at radius 2 is 1.95 bits per heavy atom. The number of piperidine rings is 1. The first-order valence-electron chi connectivity index (χ1n) is 7.80. The summed E-state index contributed by atoms with van der Waals surface area (Å²) < 4.78 is 0. The molecule has 20 heavy (non-hydrogen) atoms. The number of carbonyl (C=O) groups is 1. The molecule has 1 aliphatic rings. The van der Waals surface area contributed by atoms with Gasteiger partial charge in [-0.05, 0) is 38.3 Å². The Kier molecular flexibility index (Phi) is 5.60. The number of likely N-dealkylation sites (tertiary alicyclic amines) is 1. The minimum absolute atomic E-state index is 0.0608. The van der Waals surface area contributed by atoms with Crippen molar-refractivity contribution in [3.05, 3.63) is 35.9 Å². The van der Waals surface area contributed by atoms with Crippen LogP contribution in [0, 0.1) is 0 Å². The van der Waals surface area contributed by atoms with Gasteiger partial charge in [-0.3, -0.25) is 4.79 Å². The highest BCUT2D eigenvalue weighted by atomic mass is 16.1. The Bertz CT molecular complexity index is 410. The second kappa shape index (κ2) is 7.44. The molecule has 0 aliphatic carbocycles. The van der Waals surface area contributed by atoms with Crippen LogP contribution in [0.2, 0.25) is 0 Å². The molecule has 0 radical (unpaired) electrons. The summed E-state index contributed by atoms with van der Waals surface area (Å²) in [4.78, 5) is 14.7. The molecule has 0 spiro atoms. The van der Waals surface area contributed by atoms with E-state index in [0.717, 1.165) is 31.5 Å². The van der Waals surface area contributed by atoms with Gasteiger partial charge in [-0.15, -0.1) is 0 Å². The van der Waals surface area contributed by atoms with Crippen LogP contribution in [-0.2, 0) is 0 Å². The fourth-order valence-corrected chi connectivity index (χ4v) is 2.94. The molecule has 0 saturated carbocycles. The molecular weight excluding hydrogens is 248 g/mol. The molecule has 1 aromatic rings. The average molecular weight is 274 g/mol. The van der Waals surface area contributed by atoms with Gasteiger partial charge in [0.05, 0.1) is 0 Å². The van der Waals surface area contributed by atoms with E-state index in [1.54, 1.807) is 0 Å². The molecule has 110 valence electrons. The second-order valence-corrected chi connectivity index (χ2v) is 5.79. The molecule has 2 rings (SSSR count). The predicted octanol–water partition coefficient (Wildman–Crippen LogP) is 3.07. The largest absolute Gasteiger partial charge is 0.349 e. The second-order valence-electron chi connectivity index (χ2n) is 5.79. The first-order chi connectivity index (χ1) is 9.70. The van der Waals surface area contributed by atoms with E-state index < -0.39 is 0 Å². The molecule has 1 N–H and O–H groups in total. The van der Waals surface area contributed by atoms with Gasteiger partial charge < -0.3 is 10.2 Å². The molecule has 1 atom stereocenters. The van der Waals surface area contributed by atoms with E-state index in [2.05, 4.69) is 24.1 Å². The van der Waals surface area contributed by atoms with Crippen LogP contribution in [0.4, 0.5) is 0 Å². The first-order valence-corrected chi connectivity index (χ1v) is 7.80. The normalized spacial score (nSPS) is 18.7. The molecule has 0 bridgehead atoms. The smallest absolute Gasteiger partial charge is 0.251 e. The van der Waals surface area contributed by atoms with Crippen molar-refractivity contribution in [2.45, 2.75) is 51.6 Å². The first kappa shape index (κ1) is 15.0. The summed E-state index contributed by atoms with van der Waals surface area (Å²) >= 11 is 0. The summed E-state index contributed by atoms with van der Waals surface area (Å²) in [6.45, 7) is 6.75. The SMILES string of the molecule is CCC[C@H](C)N1CCC(NC(=O)c2ccccc2)CC1. The molecule has 1 saturated heterocycles. The highest BCUT2D eigenvalue weighted by Crippen LogP contribution is 2.16. The lowest BCUT2D eigenvalue weighted by Crippen LogP contribution is -2.47. The van der Waals surface area contributed by atoms with Crippen molar-refractivity contribution in [3.8, 4) is 0 Å². The van der Waals surface area contributed by atoms with E-state index >= 15 is 0 Å². The third-order valence-corrected chi connectivity index (χ3v) is 4.23. The van der Waals surface area contributed by atoms with Crippen LogP contribution >= 0.6 is 0 Å². The standard InChI is InChI=1S/C17H26N2O/c1-3-7-14(2)19-12-10-16(11-13-19)18-17(20)15-8-5-4-6-9-15/h4-6,8-9,14,16H,3,7,10-13H2,1-2H3,(H,18,20)/t14-/m0/s1. The minimum Gasteiger partial charge on any atom is -0.349 e. The van der Waals surface area contributed by atoms with Crippen molar-refractivity contribution < 1.29 is 4.79 Å². The zero-order chi connectivity index (χ0) is 14.4. The van der Waals surface area contributed by atoms with Crippen molar-refractivity contribution in [1.29, 1.82) is 0 Å². The number of nitrogens with one attached hydrogen (secondary N) is 1. The van der Waals surface area contributed by atoms with Gasteiger partial charge in [0.1, 0.15) is 0 Å². The Morgan fingerprint density at radius 1 is 1.30 bits per heavy atom. The fraction of sp³-hybridized carbons (Fsp3) is 0.588. The van der Waals surface area contributed by atoms with E-state index in [1.807, 2.05) is 30.3 Å². The summed E-state index contributed by atoms with van der Waals surface area (Å²) in [6, 6.07) is 10.5. The molecule has 1 amide bonds. The Morgan fingerprint density at radius 3 is 2.55 bits per heavy atom. The summed E-state index contributed by atoms with van der Waals surface area (Å²) in [7, 11) is 0. The number of amides is 1. The molecule has 1 fully saturated rings. The summed E-state index contributed by atoms with van der Waals surface area (Å²) in [5, 5.41) is 3.16. The third kappa shape index (κ3) is 4.07. The Balaban J connectivity index is 1.78. The van der Waals surface area contributed by atoms with Crippen molar-refractivity contribution in [2.75, 3.05) is 13.1 Å². The maximum Gasteiger partial charge on any atom is 0.251 e. The average Bonchev–Trinajstić information content (AvgIpc) is 2.49. The lowest BCUT2D eigenvalue weighted by molar-refractivity contribution is 0.0893. The van der Waals surface area contributed by atoms with Gasteiger partial charge in [-0.2, -0.15) is 0 Å². The van der Waals surface area contributed by atoms with Crippen LogP contribution in [0.1, 0.15) is 49.9 Å². The molecule has 0 unspecified atom stereocenters. The van der Waals surface area contributed by atoms with Crippen LogP contribution in [-0.4, -0.2) is 36.0 Å². The zero-order valence-electron chi connectivity index (χ0n) is 12.6. The monoisotopic (exact) mass is 274 g/mol. The van der Waals surface area contributed by atoms with Crippen LogP contribution in [0.5, 0.6) is 0 Å². The highest BCUT2D eigenvalue weighted by molar-refractivity contribution is 5.94. The van der Waals surface area contributed by atoms with Gasteiger partial charge in [-0.1, -0.05) is 31.5 Å². The van der Waals surface area contributed by atoms with Gasteiger partial charge in [0, 0.05) is 30.7 Å². The zero-order valence-corrected chi connectivity index (χ0v) is 12.6. The lowest BCUT2D eigenvalue weighted by Gasteiger charge is -2.36. The van der Waals surface area contributed by atoms with Gasteiger partial charge in [0.2, 0.25) is 0 Å². The molecule has 1 aliphatic heterocycles. The molecular formula is C17H26N2O. The quantitative estimate of drug-likeness (QED) is 0.895. The maximum absolute atomic E-state index is 12.1. The van der Waals surface area contributed by atoms with Gasteiger partial charge >= 0.3 is 0 Å². The molecule has 3 heteroatoms. The van der Waals surface area contributed by atoms with Crippen LogP contribution in [0.15, 0.2) is 30.3 Å². The van der Waals surface area contributed by atoms with Crippen molar-refractivity contribution in [2.24, 2.45) is 0 Å². The van der Waals surface area contributed by atoms with Gasteiger partial charge in [0.25, 0.3) is 5.91 Å². The number of rotatable bonds is 5. The minimum atomic E-state index is 0.0608. The number of carbonyl (C=O) groups excluding carboxylic acids is 1. The fourth-order valence-electron chi connectivity index (χ4n) is 2.94. The topological polar surface area (TPSA) is 32.3 Å². The van der Waals surface area contributed by atoms with E-state index in [-0.39, 0.29) is 5.91 Å². The van der Waals surface area contributed by atoms with Gasteiger partial charge in [-0.25, -0.2) is 0 Å². The summed E-state index contributed by atoms with van der Waals surface area (Å²) in [5.41, 5.74) is 0.759. The maximum atomic E-state index is 12.1. The van der Waals surface area contributed by atoms with Crippen molar-refractivity contribution in [1.82, 2.24) is 10.2 Å².